The monoisotopic (exact) mass is 323 g/mol. The van der Waals surface area contributed by atoms with E-state index >= 15 is 0 Å². The molecule has 0 saturated carbocycles. The van der Waals surface area contributed by atoms with Crippen molar-refractivity contribution in [3.05, 3.63) is 16.7 Å². The number of aliphatic hydroxyl groups is 3. The molecular weight excluding hydrogens is 309 g/mol. The van der Waals surface area contributed by atoms with E-state index < -0.39 is 36.7 Å². The fraction of sp³-hybridized carbons (Fsp3) is 0.500. The van der Waals surface area contributed by atoms with Crippen molar-refractivity contribution < 1.29 is 20.1 Å². The van der Waals surface area contributed by atoms with E-state index in [-0.39, 0.29) is 68.5 Å². The number of aromatic amines is 1. The molecule has 3 rings (SSSR count). The number of fused-ring (bicyclic) bond motifs is 1. The van der Waals surface area contributed by atoms with Crippen molar-refractivity contribution >= 4 is 68.5 Å². The van der Waals surface area contributed by atoms with Crippen molar-refractivity contribution in [2.24, 2.45) is 0 Å². The molecule has 2 aromatic rings. The summed E-state index contributed by atoms with van der Waals surface area (Å²) in [6.45, 7) is -0.447. The van der Waals surface area contributed by atoms with E-state index in [1.807, 2.05) is 0 Å². The van der Waals surface area contributed by atoms with Gasteiger partial charge in [0.05, 0.1) is 12.9 Å². The molecule has 11 heteroatoms. The van der Waals surface area contributed by atoms with Gasteiger partial charge in [-0.05, 0) is 0 Å². The van der Waals surface area contributed by atoms with E-state index in [4.69, 9.17) is 15.6 Å². The minimum absolute atomic E-state index is 0. The Morgan fingerprint density at radius 3 is 2.76 bits per heavy atom. The summed E-state index contributed by atoms with van der Waals surface area (Å²) in [7, 11) is 0. The minimum atomic E-state index is -1.29. The van der Waals surface area contributed by atoms with E-state index in [1.54, 1.807) is 0 Å². The topological polar surface area (TPSA) is 160 Å². The molecule has 0 bridgehead atoms. The Bertz CT molecular complexity index is 703. The fourth-order valence-electron chi connectivity index (χ4n) is 2.24. The maximum atomic E-state index is 11.7. The van der Waals surface area contributed by atoms with Crippen LogP contribution in [0.5, 0.6) is 0 Å². The molecule has 1 aliphatic heterocycles. The van der Waals surface area contributed by atoms with Crippen LogP contribution in [0.4, 0.5) is 5.95 Å². The summed E-state index contributed by atoms with van der Waals surface area (Å²) < 4.78 is 6.64. The zero-order valence-corrected chi connectivity index (χ0v) is 10.2. The van der Waals surface area contributed by atoms with Crippen LogP contribution in [0.25, 0.3) is 11.2 Å². The van der Waals surface area contributed by atoms with Gasteiger partial charge in [-0.15, -0.1) is 0 Å². The van der Waals surface area contributed by atoms with Crippen molar-refractivity contribution in [3.63, 3.8) is 0 Å². The van der Waals surface area contributed by atoms with Crippen LogP contribution >= 0.6 is 0 Å². The number of rotatable bonds is 2. The molecule has 2 aromatic heterocycles. The summed E-state index contributed by atoms with van der Waals surface area (Å²) in [6.07, 6.45) is -3.21. The van der Waals surface area contributed by atoms with E-state index in [2.05, 4.69) is 15.0 Å². The number of ether oxygens (including phenoxy) is 1. The fourth-order valence-corrected chi connectivity index (χ4v) is 2.24. The van der Waals surface area contributed by atoms with Gasteiger partial charge in [0.1, 0.15) is 18.3 Å². The predicted molar refractivity (Wildman–Crippen MR) is 72.7 cm³/mol. The molecule has 3 heterocycles. The molecule has 21 heavy (non-hydrogen) atoms. The van der Waals surface area contributed by atoms with Gasteiger partial charge in [0.25, 0.3) is 5.56 Å². The number of imidazole rings is 1. The van der Waals surface area contributed by atoms with Crippen molar-refractivity contribution in [1.82, 2.24) is 19.5 Å². The van der Waals surface area contributed by atoms with E-state index in [0.717, 1.165) is 0 Å². The van der Waals surface area contributed by atoms with Gasteiger partial charge in [0.2, 0.25) is 5.95 Å². The third-order valence-electron chi connectivity index (χ3n) is 3.24. The predicted octanol–water partition coefficient (Wildman–Crippen LogP) is -3.34. The first-order valence-electron chi connectivity index (χ1n) is 5.87. The number of nitrogens with two attached hydrogens (primary N) is 1. The summed E-state index contributed by atoms with van der Waals surface area (Å²) in [5, 5.41) is 28.7. The van der Waals surface area contributed by atoms with Crippen LogP contribution in [0.1, 0.15) is 6.23 Å². The zero-order valence-electron chi connectivity index (χ0n) is 10.2. The molecule has 110 valence electrons. The van der Waals surface area contributed by atoms with Gasteiger partial charge in [0.15, 0.2) is 17.4 Å². The second-order valence-corrected chi connectivity index (χ2v) is 4.50. The van der Waals surface area contributed by atoms with Crippen molar-refractivity contribution in [2.75, 3.05) is 12.3 Å². The van der Waals surface area contributed by atoms with Crippen LogP contribution < -0.4 is 11.3 Å². The van der Waals surface area contributed by atoms with Gasteiger partial charge in [-0.1, -0.05) is 0 Å². The molecule has 0 aromatic carbocycles. The summed E-state index contributed by atoms with van der Waals surface area (Å²) >= 11 is 0. The number of aliphatic hydroxyl groups excluding tert-OH is 3. The number of nitrogens with one attached hydrogen (secondary N) is 1. The van der Waals surface area contributed by atoms with Crippen molar-refractivity contribution in [2.45, 2.75) is 24.5 Å². The summed E-state index contributed by atoms with van der Waals surface area (Å²) in [5.74, 6) is -0.101. The van der Waals surface area contributed by atoms with Gasteiger partial charge in [0, 0.05) is 0 Å². The van der Waals surface area contributed by atoms with Crippen molar-refractivity contribution in [3.8, 4) is 0 Å². The van der Waals surface area contributed by atoms with E-state index in [9.17, 15) is 15.0 Å². The number of anilines is 1. The molecule has 1 saturated heterocycles. The molecule has 0 unspecified atom stereocenters. The first-order chi connectivity index (χ1) is 9.52. The Morgan fingerprint density at radius 2 is 2.14 bits per heavy atom. The van der Waals surface area contributed by atoms with Gasteiger partial charge < -0.3 is 25.8 Å². The molecule has 10 nitrogen and oxygen atoms in total. The molecule has 1 fully saturated rings. The molecule has 6 N–H and O–H groups in total. The standard InChI is InChI=1S/C10H13N5O5.K.H/c11-10-13-7-4(8(19)14-10)12-2-15(7)9-6(18)5(17)3(1-16)20-9;;/h2-3,5-6,9,16-18H,1H2,(H3,11,13,14,19);;/t3-,5-,6-,9-;;/m1../s1. The van der Waals surface area contributed by atoms with Crippen LogP contribution in [0.2, 0.25) is 0 Å². The third kappa shape index (κ3) is 2.80. The normalized spacial score (nSPS) is 28.7. The molecular formula is C10H14KN5O5. The average molecular weight is 323 g/mol. The summed E-state index contributed by atoms with van der Waals surface area (Å²) in [5.41, 5.74) is 5.12. The number of hydrogen-bond donors (Lipinski definition) is 5. The number of H-pyrrole nitrogens is 1. The molecule has 0 radical (unpaired) electrons. The van der Waals surface area contributed by atoms with Crippen LogP contribution in [-0.4, -0.2) is 111 Å². The van der Waals surface area contributed by atoms with Crippen LogP contribution in [-0.2, 0) is 4.74 Å². The number of nitrogens with zero attached hydrogens (tertiary/aromatic N) is 3. The van der Waals surface area contributed by atoms with Crippen molar-refractivity contribution in [1.29, 1.82) is 0 Å². The first-order valence-corrected chi connectivity index (χ1v) is 5.87. The van der Waals surface area contributed by atoms with Gasteiger partial charge in [-0.25, -0.2) is 4.98 Å². The van der Waals surface area contributed by atoms with E-state index in [1.165, 1.54) is 10.9 Å². The zero-order chi connectivity index (χ0) is 14.4. The first kappa shape index (κ1) is 17.0. The summed E-state index contributed by atoms with van der Waals surface area (Å²) in [4.78, 5) is 21.8. The molecule has 0 amide bonds. The Kier molecular flexibility index (Phi) is 5.17. The number of hydrogen-bond acceptors (Lipinski definition) is 8. The van der Waals surface area contributed by atoms with Gasteiger partial charge in [-0.3, -0.25) is 14.3 Å². The molecule has 0 aliphatic carbocycles. The number of nitrogen functional groups attached to an aromatic ring is 1. The molecule has 0 spiro atoms. The van der Waals surface area contributed by atoms with Crippen LogP contribution in [0, 0.1) is 0 Å². The third-order valence-corrected chi connectivity index (χ3v) is 3.24. The SMILES string of the molecule is Nc1nc2c(ncn2[C@@H]2O[C@H](CO)[C@@H](O)[C@H]2O)c(=O)[nH]1.[KH]. The van der Waals surface area contributed by atoms with Gasteiger partial charge in [-0.2, -0.15) is 4.98 Å². The van der Waals surface area contributed by atoms with E-state index in [0.29, 0.717) is 0 Å². The Labute approximate surface area is 160 Å². The summed E-state index contributed by atoms with van der Waals surface area (Å²) in [6, 6.07) is 0. The van der Waals surface area contributed by atoms with Gasteiger partial charge >= 0.3 is 51.4 Å². The quantitative estimate of drug-likeness (QED) is 0.359. The Balaban J connectivity index is 0.00000161. The molecule has 1 aliphatic rings. The second kappa shape index (κ2) is 6.40. The molecule has 4 atom stereocenters. The van der Waals surface area contributed by atoms with Crippen LogP contribution in [0.15, 0.2) is 11.1 Å². The van der Waals surface area contributed by atoms with Crippen LogP contribution in [0.3, 0.4) is 0 Å². The second-order valence-electron chi connectivity index (χ2n) is 4.50. The Hall–Kier alpha value is -0.374. The Morgan fingerprint density at radius 1 is 1.43 bits per heavy atom. The average Bonchev–Trinajstić information content (AvgIpc) is 2.93. The number of aromatic nitrogens is 4. The maximum absolute atomic E-state index is 11.7.